The molecule has 4 rings (SSSR count). The van der Waals surface area contributed by atoms with Gasteiger partial charge in [-0.25, -0.2) is 23.1 Å². The molecule has 0 bridgehead atoms. The van der Waals surface area contributed by atoms with Crippen LogP contribution in [0.25, 0.3) is 21.5 Å². The van der Waals surface area contributed by atoms with Crippen LogP contribution in [0.3, 0.4) is 0 Å². The second kappa shape index (κ2) is 11.4. The molecule has 2 heterocycles. The normalized spacial score (nSPS) is 12.4. The van der Waals surface area contributed by atoms with E-state index in [9.17, 15) is 8.42 Å². The molecule has 11 heteroatoms. The van der Waals surface area contributed by atoms with Crippen molar-refractivity contribution >= 4 is 78.0 Å². The molecule has 0 spiro atoms. The molecule has 0 aliphatic rings. The predicted octanol–water partition coefficient (Wildman–Crippen LogP) is 6.70. The number of hydrogen-bond donors (Lipinski definition) is 1. The van der Waals surface area contributed by atoms with Gasteiger partial charge in [0.25, 0.3) is 0 Å². The number of pyridine rings is 2. The smallest absolute Gasteiger partial charge is 0.240 e. The van der Waals surface area contributed by atoms with E-state index in [4.69, 9.17) is 51.1 Å². The first kappa shape index (κ1) is 26.9. The molecule has 180 valence electrons. The van der Waals surface area contributed by atoms with Gasteiger partial charge in [0.05, 0.1) is 21.5 Å². The summed E-state index contributed by atoms with van der Waals surface area (Å²) in [4.78, 5) is 8.00. The fourth-order valence-electron chi connectivity index (χ4n) is 3.23. The number of sulfonamides is 1. The zero-order chi connectivity index (χ0) is 25.0. The van der Waals surface area contributed by atoms with E-state index in [2.05, 4.69) is 14.7 Å². The van der Waals surface area contributed by atoms with E-state index in [-0.39, 0.29) is 22.7 Å². The van der Waals surface area contributed by atoms with E-state index in [1.54, 1.807) is 19.2 Å². The predicted molar refractivity (Wildman–Crippen MR) is 140 cm³/mol. The first-order valence-corrected chi connectivity index (χ1v) is 13.0. The summed E-state index contributed by atoms with van der Waals surface area (Å²) in [7, 11) is -2.15. The number of halogens is 4. The number of nitrogens with zero attached hydrogens (tertiary/aromatic N) is 2. The summed E-state index contributed by atoms with van der Waals surface area (Å²) in [5.74, 6) is 0. The van der Waals surface area contributed by atoms with Gasteiger partial charge in [-0.2, -0.15) is 0 Å². The van der Waals surface area contributed by atoms with Crippen molar-refractivity contribution in [3.63, 3.8) is 0 Å². The number of methoxy groups -OCH3 is 1. The Hall–Kier alpha value is -1.71. The summed E-state index contributed by atoms with van der Waals surface area (Å²) in [6.45, 7) is 4.01. The van der Waals surface area contributed by atoms with Crippen LogP contribution >= 0.6 is 46.4 Å². The lowest BCUT2D eigenvalue weighted by molar-refractivity contribution is 0.180. The minimum absolute atomic E-state index is 0.101. The van der Waals surface area contributed by atoms with Crippen LogP contribution in [0.15, 0.2) is 53.7 Å². The highest BCUT2D eigenvalue weighted by atomic mass is 35.5. The maximum absolute atomic E-state index is 12.3. The highest BCUT2D eigenvalue weighted by molar-refractivity contribution is 7.89. The lowest BCUT2D eigenvalue weighted by atomic mass is 10.1. The summed E-state index contributed by atoms with van der Waals surface area (Å²) in [6, 6.07) is 10.1. The third-order valence-corrected chi connectivity index (χ3v) is 7.58. The van der Waals surface area contributed by atoms with Gasteiger partial charge < -0.3 is 4.74 Å². The minimum Gasteiger partial charge on any atom is -0.383 e. The monoisotopic (exact) mass is 559 g/mol. The van der Waals surface area contributed by atoms with Crippen LogP contribution in [-0.4, -0.2) is 38.1 Å². The zero-order valence-corrected chi connectivity index (χ0v) is 22.3. The van der Waals surface area contributed by atoms with Crippen molar-refractivity contribution in [2.24, 2.45) is 0 Å². The van der Waals surface area contributed by atoms with Crippen molar-refractivity contribution in [3.05, 3.63) is 74.7 Å². The molecule has 34 heavy (non-hydrogen) atoms. The Balaban J connectivity index is 0.000000212. The van der Waals surface area contributed by atoms with Gasteiger partial charge in [-0.05, 0) is 32.0 Å². The number of benzene rings is 2. The largest absolute Gasteiger partial charge is 0.383 e. The van der Waals surface area contributed by atoms with E-state index in [1.807, 2.05) is 25.1 Å². The van der Waals surface area contributed by atoms with Crippen LogP contribution in [0.4, 0.5) is 0 Å². The maximum Gasteiger partial charge on any atom is 0.240 e. The van der Waals surface area contributed by atoms with E-state index >= 15 is 0 Å². The molecule has 0 amide bonds. The van der Waals surface area contributed by atoms with Crippen molar-refractivity contribution in [1.82, 2.24) is 14.7 Å². The summed E-state index contributed by atoms with van der Waals surface area (Å²) in [5.41, 5.74) is 1.15. The average Bonchev–Trinajstić information content (AvgIpc) is 2.79. The quantitative estimate of drug-likeness (QED) is 0.274. The molecule has 1 N–H and O–H groups in total. The topological polar surface area (TPSA) is 81.2 Å². The third-order valence-electron chi connectivity index (χ3n) is 4.79. The molecular weight excluding hydrogens is 540 g/mol. The van der Waals surface area contributed by atoms with Gasteiger partial charge in [-0.3, -0.25) is 0 Å². The summed E-state index contributed by atoms with van der Waals surface area (Å²) < 4.78 is 32.0. The number of rotatable bonds is 5. The molecule has 0 saturated carbocycles. The van der Waals surface area contributed by atoms with E-state index in [0.717, 1.165) is 16.3 Å². The van der Waals surface area contributed by atoms with Gasteiger partial charge in [0.2, 0.25) is 10.0 Å². The SMILES string of the molecule is COC[C@H](C)NS(=O)(=O)c1ccc2c(Cl)cnc(Cl)c2c1.Cc1ccc2c(Cl)cnc(Cl)c2c1. The second-order valence-corrected chi connectivity index (χ2v) is 10.8. The van der Waals surface area contributed by atoms with Crippen molar-refractivity contribution in [1.29, 1.82) is 0 Å². The van der Waals surface area contributed by atoms with Crippen LogP contribution in [0.2, 0.25) is 20.4 Å². The Bertz CT molecular complexity index is 1450. The van der Waals surface area contributed by atoms with E-state index in [1.165, 1.54) is 25.4 Å². The molecule has 4 aromatic rings. The molecular formula is C23H21Cl4N3O3S. The van der Waals surface area contributed by atoms with Gasteiger partial charge in [0.15, 0.2) is 0 Å². The van der Waals surface area contributed by atoms with Crippen molar-refractivity contribution < 1.29 is 13.2 Å². The van der Waals surface area contributed by atoms with Crippen LogP contribution in [-0.2, 0) is 14.8 Å². The minimum atomic E-state index is -3.66. The van der Waals surface area contributed by atoms with Crippen molar-refractivity contribution in [2.45, 2.75) is 24.8 Å². The zero-order valence-electron chi connectivity index (χ0n) is 18.4. The van der Waals surface area contributed by atoms with Crippen LogP contribution < -0.4 is 4.72 Å². The Labute approximate surface area is 218 Å². The summed E-state index contributed by atoms with van der Waals surface area (Å²) in [5, 5.41) is 4.77. The molecule has 6 nitrogen and oxygen atoms in total. The maximum atomic E-state index is 12.3. The molecule has 0 fully saturated rings. The number of hydrogen-bond acceptors (Lipinski definition) is 5. The fraction of sp³-hybridized carbons (Fsp3) is 0.217. The number of nitrogens with one attached hydrogen (secondary N) is 1. The first-order chi connectivity index (χ1) is 16.0. The number of ether oxygens (including phenoxy) is 1. The van der Waals surface area contributed by atoms with Crippen molar-refractivity contribution in [3.8, 4) is 0 Å². The second-order valence-electron chi connectivity index (χ2n) is 7.53. The lowest BCUT2D eigenvalue weighted by Gasteiger charge is -2.14. The van der Waals surface area contributed by atoms with Crippen LogP contribution in [0.1, 0.15) is 12.5 Å². The Morgan fingerprint density at radius 1 is 0.882 bits per heavy atom. The molecule has 0 unspecified atom stereocenters. The highest BCUT2D eigenvalue weighted by Crippen LogP contribution is 2.30. The third kappa shape index (κ3) is 6.29. The highest BCUT2D eigenvalue weighted by Gasteiger charge is 2.19. The van der Waals surface area contributed by atoms with Gasteiger partial charge in [0, 0.05) is 47.1 Å². The molecule has 2 aromatic heterocycles. The first-order valence-electron chi connectivity index (χ1n) is 9.99. The Kier molecular flexibility index (Phi) is 8.98. The van der Waals surface area contributed by atoms with Crippen LogP contribution in [0.5, 0.6) is 0 Å². The lowest BCUT2D eigenvalue weighted by Crippen LogP contribution is -2.35. The van der Waals surface area contributed by atoms with Crippen molar-refractivity contribution in [2.75, 3.05) is 13.7 Å². The van der Waals surface area contributed by atoms with Gasteiger partial charge >= 0.3 is 0 Å². The summed E-state index contributed by atoms with van der Waals surface area (Å²) >= 11 is 23.9. The van der Waals surface area contributed by atoms with E-state index in [0.29, 0.717) is 26.0 Å². The molecule has 0 aliphatic carbocycles. The Morgan fingerprint density at radius 2 is 1.41 bits per heavy atom. The molecule has 0 aliphatic heterocycles. The molecule has 2 aromatic carbocycles. The van der Waals surface area contributed by atoms with Gasteiger partial charge in [-0.15, -0.1) is 0 Å². The molecule has 0 saturated heterocycles. The van der Waals surface area contributed by atoms with Gasteiger partial charge in [0.1, 0.15) is 10.3 Å². The van der Waals surface area contributed by atoms with Crippen LogP contribution in [0, 0.1) is 6.92 Å². The Morgan fingerprint density at radius 3 is 1.97 bits per heavy atom. The average molecular weight is 561 g/mol. The molecule has 0 radical (unpaired) electrons. The number of aryl methyl sites for hydroxylation is 1. The summed E-state index contributed by atoms with van der Waals surface area (Å²) in [6.07, 6.45) is 3.00. The number of aromatic nitrogens is 2. The number of fused-ring (bicyclic) bond motifs is 2. The van der Waals surface area contributed by atoms with Gasteiger partial charge in [-0.1, -0.05) is 70.2 Å². The standard InChI is InChI=1S/C13H14Cl2N2O3S.C10H7Cl2N/c1-8(7-20-2)17-21(18,19)9-3-4-10-11(5-9)13(15)16-6-12(10)14;1-6-2-3-7-8(4-6)10(12)13-5-9(7)11/h3-6,8,17H,7H2,1-2H3;2-5H,1H3/t8-;/m0./s1. The van der Waals surface area contributed by atoms with E-state index < -0.39 is 10.0 Å². The fourth-order valence-corrected chi connectivity index (χ4v) is 5.32. The molecule has 1 atom stereocenters.